The van der Waals surface area contributed by atoms with Crippen molar-refractivity contribution in [3.63, 3.8) is 0 Å². The van der Waals surface area contributed by atoms with Crippen LogP contribution in [-0.2, 0) is 16.2 Å². The first-order chi connectivity index (χ1) is 10.2. The summed E-state index contributed by atoms with van der Waals surface area (Å²) in [5.74, 6) is -0.245. The summed E-state index contributed by atoms with van der Waals surface area (Å²) in [4.78, 5) is 17.5. The molecule has 1 aromatic carbocycles. The van der Waals surface area contributed by atoms with E-state index >= 15 is 0 Å². The first-order valence-corrected chi connectivity index (χ1v) is 7.69. The van der Waals surface area contributed by atoms with E-state index < -0.39 is 0 Å². The van der Waals surface area contributed by atoms with Crippen molar-refractivity contribution < 1.29 is 9.63 Å². The van der Waals surface area contributed by atoms with Gasteiger partial charge < -0.3 is 10.2 Å². The highest BCUT2D eigenvalue weighted by Gasteiger charge is 2.04. The lowest BCUT2D eigenvalue weighted by Gasteiger charge is -2.03. The molecule has 0 bridgehead atoms. The van der Waals surface area contributed by atoms with Crippen LogP contribution in [0.3, 0.4) is 0 Å². The van der Waals surface area contributed by atoms with Gasteiger partial charge in [-0.1, -0.05) is 40.5 Å². The Labute approximate surface area is 136 Å². The van der Waals surface area contributed by atoms with Crippen LogP contribution in [0.1, 0.15) is 10.4 Å². The fraction of sp³-hybridized carbons (Fsp3) is 0.143. The number of hydrogen-bond donors (Lipinski definition) is 1. The highest BCUT2D eigenvalue weighted by atomic mass is 35.5. The molecule has 0 radical (unpaired) electrons. The van der Waals surface area contributed by atoms with Crippen molar-refractivity contribution in [3.8, 4) is 0 Å². The molecule has 110 valence electrons. The van der Waals surface area contributed by atoms with Crippen molar-refractivity contribution >= 4 is 46.7 Å². The molecule has 0 aliphatic rings. The van der Waals surface area contributed by atoms with Crippen LogP contribution >= 0.6 is 34.5 Å². The van der Waals surface area contributed by atoms with Crippen molar-refractivity contribution in [1.29, 1.82) is 0 Å². The number of amides is 1. The topological polar surface area (TPSA) is 50.7 Å². The van der Waals surface area contributed by atoms with E-state index in [-0.39, 0.29) is 12.5 Å². The van der Waals surface area contributed by atoms with Gasteiger partial charge in [0.1, 0.15) is 0 Å². The van der Waals surface area contributed by atoms with Crippen molar-refractivity contribution in [2.75, 3.05) is 6.61 Å². The van der Waals surface area contributed by atoms with Gasteiger partial charge in [0.25, 0.3) is 5.91 Å². The van der Waals surface area contributed by atoms with Crippen LogP contribution in [0, 0.1) is 0 Å². The number of nitrogens with zero attached hydrogens (tertiary/aromatic N) is 1. The van der Waals surface area contributed by atoms with E-state index in [0.29, 0.717) is 22.2 Å². The van der Waals surface area contributed by atoms with Crippen LogP contribution in [0.5, 0.6) is 0 Å². The van der Waals surface area contributed by atoms with Gasteiger partial charge in [0.2, 0.25) is 0 Å². The Balaban J connectivity index is 1.76. The Morgan fingerprint density at radius 3 is 2.71 bits per heavy atom. The SMILES string of the molecule is O=C(CO/N=C\c1c(Cl)cccc1Cl)NCc1cccs1. The molecule has 4 nitrogen and oxygen atoms in total. The van der Waals surface area contributed by atoms with E-state index in [4.69, 9.17) is 28.0 Å². The predicted octanol–water partition coefficient (Wildman–Crippen LogP) is 3.72. The normalized spacial score (nSPS) is 10.8. The van der Waals surface area contributed by atoms with Crippen LogP contribution in [0.2, 0.25) is 10.0 Å². The summed E-state index contributed by atoms with van der Waals surface area (Å²) in [7, 11) is 0. The molecule has 0 aliphatic heterocycles. The van der Waals surface area contributed by atoms with Gasteiger partial charge in [0.05, 0.1) is 22.8 Å². The van der Waals surface area contributed by atoms with Gasteiger partial charge in [-0.05, 0) is 23.6 Å². The second-order valence-electron chi connectivity index (χ2n) is 4.00. The van der Waals surface area contributed by atoms with E-state index in [0.717, 1.165) is 4.88 Å². The zero-order valence-electron chi connectivity index (χ0n) is 10.9. The number of hydrogen-bond acceptors (Lipinski definition) is 4. The molecule has 7 heteroatoms. The lowest BCUT2D eigenvalue weighted by atomic mass is 10.2. The summed E-state index contributed by atoms with van der Waals surface area (Å²) in [6.45, 7) is 0.323. The third-order valence-corrected chi connectivity index (χ3v) is 4.03. The molecule has 1 N–H and O–H groups in total. The number of carbonyl (C=O) groups excluding carboxylic acids is 1. The summed E-state index contributed by atoms with van der Waals surface area (Å²) in [5.41, 5.74) is 0.555. The Kier molecular flexibility index (Phi) is 6.04. The van der Waals surface area contributed by atoms with Gasteiger partial charge in [-0.2, -0.15) is 0 Å². The van der Waals surface area contributed by atoms with E-state index in [9.17, 15) is 4.79 Å². The minimum absolute atomic E-state index is 0.163. The third kappa shape index (κ3) is 5.04. The molecular weight excluding hydrogens is 331 g/mol. The maximum Gasteiger partial charge on any atom is 0.261 e. The smallest absolute Gasteiger partial charge is 0.261 e. The zero-order valence-corrected chi connectivity index (χ0v) is 13.2. The van der Waals surface area contributed by atoms with Crippen molar-refractivity contribution in [2.45, 2.75) is 6.54 Å². The van der Waals surface area contributed by atoms with Crippen LogP contribution in [0.4, 0.5) is 0 Å². The number of halogens is 2. The summed E-state index contributed by atoms with van der Waals surface area (Å²) >= 11 is 13.5. The van der Waals surface area contributed by atoms with Crippen LogP contribution in [0.15, 0.2) is 40.9 Å². The summed E-state index contributed by atoms with van der Waals surface area (Å²) < 4.78 is 0. The molecule has 2 aromatic rings. The molecule has 1 amide bonds. The number of carbonyl (C=O) groups is 1. The van der Waals surface area contributed by atoms with Crippen LogP contribution in [-0.4, -0.2) is 18.7 Å². The maximum absolute atomic E-state index is 11.5. The van der Waals surface area contributed by atoms with E-state index in [1.54, 1.807) is 29.5 Å². The Morgan fingerprint density at radius 1 is 1.29 bits per heavy atom. The van der Waals surface area contributed by atoms with Gasteiger partial charge in [-0.25, -0.2) is 0 Å². The number of benzene rings is 1. The summed E-state index contributed by atoms with van der Waals surface area (Å²) in [6.07, 6.45) is 1.39. The lowest BCUT2D eigenvalue weighted by Crippen LogP contribution is -2.26. The Bertz CT molecular complexity index is 610. The molecule has 1 aromatic heterocycles. The van der Waals surface area contributed by atoms with Gasteiger partial charge in [-0.3, -0.25) is 4.79 Å². The highest BCUT2D eigenvalue weighted by molar-refractivity contribution is 7.09. The fourth-order valence-corrected chi connectivity index (χ4v) is 2.61. The first-order valence-electron chi connectivity index (χ1n) is 6.05. The van der Waals surface area contributed by atoms with Crippen molar-refractivity contribution in [2.24, 2.45) is 5.16 Å². The summed E-state index contributed by atoms with van der Waals surface area (Å²) in [6, 6.07) is 9.01. The number of rotatable bonds is 6. The largest absolute Gasteiger partial charge is 0.386 e. The van der Waals surface area contributed by atoms with Crippen molar-refractivity contribution in [3.05, 3.63) is 56.2 Å². The van der Waals surface area contributed by atoms with Gasteiger partial charge in [-0.15, -0.1) is 11.3 Å². The fourth-order valence-electron chi connectivity index (χ4n) is 1.47. The Morgan fingerprint density at radius 2 is 2.05 bits per heavy atom. The minimum Gasteiger partial charge on any atom is -0.386 e. The molecule has 0 spiro atoms. The molecule has 0 saturated heterocycles. The molecule has 0 atom stereocenters. The molecule has 21 heavy (non-hydrogen) atoms. The third-order valence-electron chi connectivity index (χ3n) is 2.49. The Hall–Kier alpha value is -1.56. The van der Waals surface area contributed by atoms with E-state index in [2.05, 4.69) is 10.5 Å². The first kappa shape index (κ1) is 15.8. The minimum atomic E-state index is -0.245. The number of nitrogens with one attached hydrogen (secondary N) is 1. The molecule has 0 aliphatic carbocycles. The average molecular weight is 343 g/mol. The molecule has 0 fully saturated rings. The van der Waals surface area contributed by atoms with Gasteiger partial charge in [0, 0.05) is 10.4 Å². The van der Waals surface area contributed by atoms with Gasteiger partial charge >= 0.3 is 0 Å². The molecule has 1 heterocycles. The predicted molar refractivity (Wildman–Crippen MR) is 86.2 cm³/mol. The number of thiophene rings is 1. The molecule has 0 unspecified atom stereocenters. The lowest BCUT2D eigenvalue weighted by molar-refractivity contribution is -0.125. The van der Waals surface area contributed by atoms with E-state index in [1.807, 2.05) is 17.5 Å². The second-order valence-corrected chi connectivity index (χ2v) is 5.85. The standard InChI is InChI=1S/C14H12Cl2N2O2S/c15-12-4-1-5-13(16)11(12)8-18-20-9-14(19)17-7-10-3-2-6-21-10/h1-6,8H,7,9H2,(H,17,19)/b18-8-. The average Bonchev–Trinajstić information content (AvgIpc) is 2.97. The van der Waals surface area contributed by atoms with Crippen LogP contribution < -0.4 is 5.32 Å². The van der Waals surface area contributed by atoms with E-state index in [1.165, 1.54) is 6.21 Å². The second kappa shape index (κ2) is 8.02. The molecule has 0 saturated carbocycles. The van der Waals surface area contributed by atoms with Gasteiger partial charge in [0.15, 0.2) is 6.61 Å². The van der Waals surface area contributed by atoms with Crippen LogP contribution in [0.25, 0.3) is 0 Å². The number of oxime groups is 1. The zero-order chi connectivity index (χ0) is 15.1. The maximum atomic E-state index is 11.5. The molecular formula is C14H12Cl2N2O2S. The quantitative estimate of drug-likeness (QED) is 0.642. The van der Waals surface area contributed by atoms with Crippen molar-refractivity contribution in [1.82, 2.24) is 5.32 Å². The molecule has 2 rings (SSSR count). The monoisotopic (exact) mass is 342 g/mol. The summed E-state index contributed by atoms with van der Waals surface area (Å²) in [5, 5.41) is 9.32. The highest BCUT2D eigenvalue weighted by Crippen LogP contribution is 2.22.